The second-order valence-corrected chi connectivity index (χ2v) is 7.92. The molecule has 1 aromatic carbocycles. The van der Waals surface area contributed by atoms with Gasteiger partial charge in [-0.3, -0.25) is 9.69 Å². The van der Waals surface area contributed by atoms with Crippen molar-refractivity contribution in [3.8, 4) is 5.75 Å². The van der Waals surface area contributed by atoms with E-state index in [-0.39, 0.29) is 11.9 Å². The molecule has 1 aromatic heterocycles. The summed E-state index contributed by atoms with van der Waals surface area (Å²) in [6.45, 7) is 5.46. The number of hydrogen-bond donors (Lipinski definition) is 1. The second-order valence-electron chi connectivity index (χ2n) is 6.94. The number of rotatable bonds is 9. The zero-order chi connectivity index (χ0) is 18.9. The fourth-order valence-corrected chi connectivity index (χ4v) is 4.12. The summed E-state index contributed by atoms with van der Waals surface area (Å²) in [5.41, 5.74) is 0. The summed E-state index contributed by atoms with van der Waals surface area (Å²) >= 11 is 1.77. The number of benzene rings is 1. The van der Waals surface area contributed by atoms with E-state index in [0.717, 1.165) is 38.3 Å². The summed E-state index contributed by atoms with van der Waals surface area (Å²) in [6.07, 6.45) is 1.21. The number of para-hydroxylation sites is 1. The lowest BCUT2D eigenvalue weighted by Gasteiger charge is -2.37. The minimum atomic E-state index is 0.0994. The molecule has 1 amide bonds. The van der Waals surface area contributed by atoms with Gasteiger partial charge in [0.1, 0.15) is 5.75 Å². The van der Waals surface area contributed by atoms with Crippen LogP contribution in [0.5, 0.6) is 5.75 Å². The van der Waals surface area contributed by atoms with E-state index < -0.39 is 0 Å². The monoisotopic (exact) mass is 387 g/mol. The predicted octanol–water partition coefficient (Wildman–Crippen LogP) is 3.01. The van der Waals surface area contributed by atoms with Gasteiger partial charge in [-0.2, -0.15) is 0 Å². The van der Waals surface area contributed by atoms with Gasteiger partial charge in [-0.15, -0.1) is 11.3 Å². The summed E-state index contributed by atoms with van der Waals surface area (Å²) in [5, 5.41) is 5.25. The molecule has 0 saturated carbocycles. The Bertz CT molecular complexity index is 670. The first kappa shape index (κ1) is 19.9. The fraction of sp³-hybridized carbons (Fsp3) is 0.476. The summed E-state index contributed by atoms with van der Waals surface area (Å²) in [4.78, 5) is 18.4. The molecule has 1 unspecified atom stereocenters. The largest absolute Gasteiger partial charge is 0.494 e. The van der Waals surface area contributed by atoms with Crippen molar-refractivity contribution in [2.75, 3.05) is 46.4 Å². The zero-order valence-corrected chi connectivity index (χ0v) is 16.8. The van der Waals surface area contributed by atoms with Gasteiger partial charge < -0.3 is 15.0 Å². The number of amides is 1. The summed E-state index contributed by atoms with van der Waals surface area (Å²) in [6, 6.07) is 14.3. The molecule has 5 nitrogen and oxygen atoms in total. The van der Waals surface area contributed by atoms with E-state index in [0.29, 0.717) is 19.6 Å². The molecule has 3 rings (SSSR count). The van der Waals surface area contributed by atoms with Crippen molar-refractivity contribution in [3.05, 3.63) is 52.7 Å². The molecule has 146 valence electrons. The maximum Gasteiger partial charge on any atom is 0.220 e. The number of nitrogens with zero attached hydrogens (tertiary/aromatic N) is 2. The Morgan fingerprint density at radius 3 is 2.63 bits per heavy atom. The Balaban J connectivity index is 1.42. The van der Waals surface area contributed by atoms with Crippen LogP contribution in [0.3, 0.4) is 0 Å². The average molecular weight is 388 g/mol. The first-order valence-corrected chi connectivity index (χ1v) is 10.5. The van der Waals surface area contributed by atoms with Crippen LogP contribution in [0.1, 0.15) is 23.8 Å². The number of carbonyl (C=O) groups excluding carboxylic acids is 1. The molecule has 1 saturated heterocycles. The minimum Gasteiger partial charge on any atom is -0.494 e. The van der Waals surface area contributed by atoms with E-state index in [1.54, 1.807) is 11.3 Å². The SMILES string of the molecule is CN1CCN(C(CNC(=O)CCCOc2ccccc2)c2cccs2)CC1. The molecule has 1 fully saturated rings. The molecule has 1 aliphatic heterocycles. The van der Waals surface area contributed by atoms with Gasteiger partial charge >= 0.3 is 0 Å². The lowest BCUT2D eigenvalue weighted by molar-refractivity contribution is -0.121. The average Bonchev–Trinajstić information content (AvgIpc) is 3.22. The maximum absolute atomic E-state index is 12.3. The number of nitrogens with one attached hydrogen (secondary N) is 1. The maximum atomic E-state index is 12.3. The van der Waals surface area contributed by atoms with Crippen LogP contribution in [-0.2, 0) is 4.79 Å². The van der Waals surface area contributed by atoms with E-state index in [1.165, 1.54) is 4.88 Å². The minimum absolute atomic E-state index is 0.0994. The Labute approximate surface area is 165 Å². The third-order valence-electron chi connectivity index (χ3n) is 4.90. The van der Waals surface area contributed by atoms with Crippen LogP contribution in [0.4, 0.5) is 0 Å². The van der Waals surface area contributed by atoms with Crippen molar-refractivity contribution in [2.45, 2.75) is 18.9 Å². The molecule has 1 atom stereocenters. The van der Waals surface area contributed by atoms with Crippen LogP contribution in [0.2, 0.25) is 0 Å². The van der Waals surface area contributed by atoms with Crippen molar-refractivity contribution >= 4 is 17.2 Å². The van der Waals surface area contributed by atoms with Crippen molar-refractivity contribution in [2.24, 2.45) is 0 Å². The van der Waals surface area contributed by atoms with Gasteiger partial charge in [0.05, 0.1) is 12.6 Å². The summed E-state index contributed by atoms with van der Waals surface area (Å²) in [5.74, 6) is 0.952. The Morgan fingerprint density at radius 1 is 1.15 bits per heavy atom. The molecule has 0 aliphatic carbocycles. The van der Waals surface area contributed by atoms with Gasteiger partial charge in [0, 0.05) is 44.0 Å². The second kappa shape index (κ2) is 10.4. The topological polar surface area (TPSA) is 44.8 Å². The van der Waals surface area contributed by atoms with Gasteiger partial charge in [-0.05, 0) is 37.0 Å². The highest BCUT2D eigenvalue weighted by Gasteiger charge is 2.24. The summed E-state index contributed by atoms with van der Waals surface area (Å²) < 4.78 is 5.65. The standard InChI is InChI=1S/C21H29N3O2S/c1-23-11-13-24(14-12-23)19(20-9-6-16-27-20)17-22-21(25)10-5-15-26-18-7-3-2-4-8-18/h2-4,6-9,16,19H,5,10-15,17H2,1H3,(H,22,25). The molecule has 0 spiro atoms. The highest BCUT2D eigenvalue weighted by molar-refractivity contribution is 7.10. The Kier molecular flexibility index (Phi) is 7.68. The smallest absolute Gasteiger partial charge is 0.220 e. The third-order valence-corrected chi connectivity index (χ3v) is 5.88. The van der Waals surface area contributed by atoms with Gasteiger partial charge in [0.25, 0.3) is 0 Å². The van der Waals surface area contributed by atoms with E-state index in [4.69, 9.17) is 4.74 Å². The Hall–Kier alpha value is -1.89. The molecule has 6 heteroatoms. The number of likely N-dealkylation sites (N-methyl/N-ethyl adjacent to an activating group) is 1. The molecule has 27 heavy (non-hydrogen) atoms. The Morgan fingerprint density at radius 2 is 1.93 bits per heavy atom. The van der Waals surface area contributed by atoms with Crippen LogP contribution in [-0.4, -0.2) is 62.1 Å². The van der Waals surface area contributed by atoms with Gasteiger partial charge in [0.2, 0.25) is 5.91 Å². The molecule has 2 heterocycles. The number of hydrogen-bond acceptors (Lipinski definition) is 5. The zero-order valence-electron chi connectivity index (χ0n) is 16.0. The number of thiophene rings is 1. The number of carbonyl (C=O) groups is 1. The van der Waals surface area contributed by atoms with Crippen LogP contribution in [0.15, 0.2) is 47.8 Å². The van der Waals surface area contributed by atoms with Gasteiger partial charge in [-0.1, -0.05) is 24.3 Å². The van der Waals surface area contributed by atoms with Crippen LogP contribution in [0.25, 0.3) is 0 Å². The van der Waals surface area contributed by atoms with E-state index in [1.807, 2.05) is 30.3 Å². The highest BCUT2D eigenvalue weighted by atomic mass is 32.1. The number of ether oxygens (including phenoxy) is 1. The lowest BCUT2D eigenvalue weighted by atomic mass is 10.1. The third kappa shape index (κ3) is 6.34. The molecular formula is C21H29N3O2S. The number of piperazine rings is 1. The lowest BCUT2D eigenvalue weighted by Crippen LogP contribution is -2.48. The summed E-state index contributed by atoms with van der Waals surface area (Å²) in [7, 11) is 2.16. The van der Waals surface area contributed by atoms with Crippen molar-refractivity contribution in [1.29, 1.82) is 0 Å². The van der Waals surface area contributed by atoms with Crippen LogP contribution >= 0.6 is 11.3 Å². The normalized spacial score (nSPS) is 16.8. The quantitative estimate of drug-likeness (QED) is 0.672. The van der Waals surface area contributed by atoms with Gasteiger partial charge in [-0.25, -0.2) is 0 Å². The van der Waals surface area contributed by atoms with Gasteiger partial charge in [0.15, 0.2) is 0 Å². The van der Waals surface area contributed by atoms with E-state index in [2.05, 4.69) is 39.7 Å². The highest BCUT2D eigenvalue weighted by Crippen LogP contribution is 2.25. The van der Waals surface area contributed by atoms with E-state index >= 15 is 0 Å². The van der Waals surface area contributed by atoms with E-state index in [9.17, 15) is 4.79 Å². The van der Waals surface area contributed by atoms with Crippen molar-refractivity contribution < 1.29 is 9.53 Å². The molecule has 2 aromatic rings. The first-order valence-electron chi connectivity index (χ1n) is 9.63. The van der Waals surface area contributed by atoms with Crippen molar-refractivity contribution in [3.63, 3.8) is 0 Å². The molecular weight excluding hydrogens is 358 g/mol. The molecule has 1 N–H and O–H groups in total. The van der Waals surface area contributed by atoms with Crippen molar-refractivity contribution in [1.82, 2.24) is 15.1 Å². The molecule has 0 bridgehead atoms. The molecule has 1 aliphatic rings. The van der Waals surface area contributed by atoms with Crippen LogP contribution in [0, 0.1) is 0 Å². The predicted molar refractivity (Wildman–Crippen MR) is 110 cm³/mol. The van der Waals surface area contributed by atoms with Crippen LogP contribution < -0.4 is 10.1 Å². The first-order chi connectivity index (χ1) is 13.2. The molecule has 0 radical (unpaired) electrons. The fourth-order valence-electron chi connectivity index (χ4n) is 3.26.